The Balaban J connectivity index is 1.95. The zero-order valence-corrected chi connectivity index (χ0v) is 22.9. The van der Waals surface area contributed by atoms with Crippen molar-refractivity contribution in [1.29, 1.82) is 0 Å². The first kappa shape index (κ1) is 28.3. The molecule has 204 valence electrons. The van der Waals surface area contributed by atoms with Gasteiger partial charge in [0, 0.05) is 30.5 Å². The van der Waals surface area contributed by atoms with Gasteiger partial charge in [-0.15, -0.1) is 0 Å². The number of aromatic nitrogens is 3. The van der Waals surface area contributed by atoms with Gasteiger partial charge >= 0.3 is 0 Å². The molecule has 2 aromatic heterocycles. The maximum atomic E-state index is 15.0. The van der Waals surface area contributed by atoms with Gasteiger partial charge in [0.05, 0.1) is 22.6 Å². The van der Waals surface area contributed by atoms with Crippen LogP contribution < -0.4 is 10.0 Å². The van der Waals surface area contributed by atoms with E-state index in [2.05, 4.69) is 27.0 Å². The molecular formula is C28H28F3N5O2S. The third-order valence-electron chi connectivity index (χ3n) is 5.93. The highest BCUT2D eigenvalue weighted by Crippen LogP contribution is 2.37. The van der Waals surface area contributed by atoms with Gasteiger partial charge in [0.25, 0.3) is 0 Å². The van der Waals surface area contributed by atoms with Crippen molar-refractivity contribution in [2.24, 2.45) is 7.05 Å². The van der Waals surface area contributed by atoms with Gasteiger partial charge < -0.3 is 10.4 Å². The second-order valence-corrected chi connectivity index (χ2v) is 10.7. The normalized spacial score (nSPS) is 13.2. The molecule has 0 aliphatic heterocycles. The van der Waals surface area contributed by atoms with Crippen molar-refractivity contribution >= 4 is 27.7 Å². The lowest BCUT2D eigenvalue weighted by Gasteiger charge is -2.21. The largest absolute Gasteiger partial charge is 0.378 e. The highest BCUT2D eigenvalue weighted by atomic mass is 32.2. The molecule has 0 aliphatic carbocycles. The summed E-state index contributed by atoms with van der Waals surface area (Å²) in [6.45, 7) is 3.10. The van der Waals surface area contributed by atoms with Crippen molar-refractivity contribution in [3.05, 3.63) is 76.9 Å². The molecule has 39 heavy (non-hydrogen) atoms. The minimum atomic E-state index is -1.48. The summed E-state index contributed by atoms with van der Waals surface area (Å²) in [6, 6.07) is 9.14. The molecule has 0 aliphatic rings. The van der Waals surface area contributed by atoms with E-state index in [4.69, 9.17) is 4.98 Å². The van der Waals surface area contributed by atoms with Crippen LogP contribution in [0.3, 0.4) is 0 Å². The molecule has 0 radical (unpaired) electrons. The molecule has 11 heteroatoms. The predicted molar refractivity (Wildman–Crippen MR) is 147 cm³/mol. The molecule has 2 aromatic carbocycles. The quantitative estimate of drug-likeness (QED) is 0.295. The number of nitrogens with one attached hydrogen (secondary N) is 2. The Bertz CT molecular complexity index is 1620. The number of nitrogens with zero attached hydrogens (tertiary/aromatic N) is 3. The topological polar surface area (TPSA) is 92.1 Å². The first-order chi connectivity index (χ1) is 18.4. The molecule has 7 nitrogen and oxygen atoms in total. The molecule has 2 unspecified atom stereocenters. The van der Waals surface area contributed by atoms with E-state index in [0.717, 1.165) is 6.07 Å². The van der Waals surface area contributed by atoms with Gasteiger partial charge in [-0.05, 0) is 75.2 Å². The van der Waals surface area contributed by atoms with Crippen molar-refractivity contribution in [3.63, 3.8) is 0 Å². The summed E-state index contributed by atoms with van der Waals surface area (Å²) >= 11 is 0. The molecule has 3 N–H and O–H groups in total. The van der Waals surface area contributed by atoms with Gasteiger partial charge in [-0.1, -0.05) is 5.92 Å². The van der Waals surface area contributed by atoms with Gasteiger partial charge in [0.15, 0.2) is 5.82 Å². The van der Waals surface area contributed by atoms with E-state index in [1.54, 1.807) is 46.1 Å². The molecule has 0 fully saturated rings. The second kappa shape index (κ2) is 11.2. The number of hydrogen-bond acceptors (Lipinski definition) is 5. The van der Waals surface area contributed by atoms with Crippen LogP contribution in [0.2, 0.25) is 0 Å². The van der Waals surface area contributed by atoms with Gasteiger partial charge in [0.2, 0.25) is 0 Å². The van der Waals surface area contributed by atoms with Crippen LogP contribution in [-0.2, 0) is 24.5 Å². The molecule has 0 bridgehead atoms. The van der Waals surface area contributed by atoms with Gasteiger partial charge in [0.1, 0.15) is 39.7 Å². The highest BCUT2D eigenvalue weighted by Gasteiger charge is 2.24. The summed E-state index contributed by atoms with van der Waals surface area (Å²) < 4.78 is 59.0. The number of hydrogen-bond donors (Lipinski definition) is 3. The lowest BCUT2D eigenvalue weighted by atomic mass is 9.94. The lowest BCUT2D eigenvalue weighted by molar-refractivity contribution is 0.143. The van der Waals surface area contributed by atoms with Crippen LogP contribution in [0.15, 0.2) is 42.5 Å². The average molecular weight is 556 g/mol. The number of anilines is 1. The van der Waals surface area contributed by atoms with Crippen LogP contribution in [0.4, 0.5) is 19.0 Å². The maximum Gasteiger partial charge on any atom is 0.170 e. The van der Waals surface area contributed by atoms with Crippen molar-refractivity contribution in [3.8, 4) is 23.0 Å². The van der Waals surface area contributed by atoms with Gasteiger partial charge in [-0.25, -0.2) is 22.4 Å². The summed E-state index contributed by atoms with van der Waals surface area (Å²) in [5, 5.41) is 17.7. The van der Waals surface area contributed by atoms with Crippen LogP contribution in [0.1, 0.15) is 36.8 Å². The third kappa shape index (κ3) is 6.47. The summed E-state index contributed by atoms with van der Waals surface area (Å²) in [6.07, 6.45) is 1.61. The number of halogens is 3. The minimum Gasteiger partial charge on any atom is -0.378 e. The number of fused-ring (bicyclic) bond motifs is 1. The third-order valence-corrected chi connectivity index (χ3v) is 6.41. The number of aliphatic hydroxyl groups is 1. The van der Waals surface area contributed by atoms with Crippen molar-refractivity contribution in [2.45, 2.75) is 31.9 Å². The second-order valence-electron chi connectivity index (χ2n) is 9.61. The van der Waals surface area contributed by atoms with Crippen LogP contribution in [0.25, 0.3) is 22.0 Å². The summed E-state index contributed by atoms with van der Waals surface area (Å²) in [5.74, 6) is 3.81. The van der Waals surface area contributed by atoms with Crippen LogP contribution in [0, 0.1) is 29.3 Å². The lowest BCUT2D eigenvalue weighted by Crippen LogP contribution is -2.22. The Kier molecular flexibility index (Phi) is 8.11. The Morgan fingerprint density at radius 2 is 1.77 bits per heavy atom. The van der Waals surface area contributed by atoms with Crippen molar-refractivity contribution in [1.82, 2.24) is 20.1 Å². The first-order valence-electron chi connectivity index (χ1n) is 12.0. The zero-order valence-electron chi connectivity index (χ0n) is 22.1. The molecule has 0 amide bonds. The van der Waals surface area contributed by atoms with Crippen LogP contribution in [-0.4, -0.2) is 43.0 Å². The van der Waals surface area contributed by atoms with Crippen molar-refractivity contribution in [2.75, 3.05) is 18.0 Å². The molecule has 0 saturated carbocycles. The Labute approximate surface area is 227 Å². The molecular weight excluding hydrogens is 527 g/mol. The minimum absolute atomic E-state index is 0.134. The highest BCUT2D eigenvalue weighted by molar-refractivity contribution is 7.85. The maximum absolute atomic E-state index is 15.0. The number of pyridine rings is 1. The van der Waals surface area contributed by atoms with E-state index in [1.165, 1.54) is 29.1 Å². The molecule has 0 spiro atoms. The van der Waals surface area contributed by atoms with E-state index in [1.807, 2.05) is 0 Å². The van der Waals surface area contributed by atoms with E-state index >= 15 is 4.39 Å². The van der Waals surface area contributed by atoms with E-state index in [-0.39, 0.29) is 17.6 Å². The average Bonchev–Trinajstić information content (AvgIpc) is 3.16. The van der Waals surface area contributed by atoms with Gasteiger partial charge in [-0.2, -0.15) is 5.10 Å². The smallest absolute Gasteiger partial charge is 0.170 e. The molecule has 2 heterocycles. The van der Waals surface area contributed by atoms with E-state index < -0.39 is 40.1 Å². The van der Waals surface area contributed by atoms with Gasteiger partial charge in [-0.3, -0.25) is 9.40 Å². The standard InChI is InChI=1S/C28H28F3N5O2S/c1-28(2,37)11-10-19-6-7-20(25(33-19)23(32-3)14-16-12-17(29)15-18(30)13-16)21-8-9-22(31)24-26(21)36(4)34-27(24)35-39(5)38/h6-9,12-13,15,23,32,37H,14H2,1-5H3,(H,34,35). The monoisotopic (exact) mass is 555 g/mol. The Morgan fingerprint density at radius 1 is 1.10 bits per heavy atom. The van der Waals surface area contributed by atoms with Crippen LogP contribution >= 0.6 is 0 Å². The fourth-order valence-corrected chi connectivity index (χ4v) is 4.77. The fourth-order valence-electron chi connectivity index (χ4n) is 4.36. The number of aryl methyl sites for hydroxylation is 1. The predicted octanol–water partition coefficient (Wildman–Crippen LogP) is 4.38. The number of likely N-dealkylation sites (N-methyl/N-ethyl adjacent to an activating group) is 1. The summed E-state index contributed by atoms with van der Waals surface area (Å²) in [5.41, 5.74) is 1.66. The first-order valence-corrected chi connectivity index (χ1v) is 13.6. The van der Waals surface area contributed by atoms with E-state index in [0.29, 0.717) is 33.6 Å². The summed E-state index contributed by atoms with van der Waals surface area (Å²) in [7, 11) is 1.86. The zero-order chi connectivity index (χ0) is 28.5. The molecule has 0 saturated heterocycles. The Hall–Kier alpha value is -3.72. The fraction of sp³-hybridized carbons (Fsp3) is 0.286. The number of benzene rings is 2. The van der Waals surface area contributed by atoms with Crippen molar-refractivity contribution < 1.29 is 22.5 Å². The van der Waals surface area contributed by atoms with E-state index in [9.17, 15) is 18.1 Å². The number of rotatable bonds is 7. The molecule has 2 atom stereocenters. The molecule has 4 rings (SSSR count). The summed E-state index contributed by atoms with van der Waals surface area (Å²) in [4.78, 5) is 4.76. The SMILES string of the molecule is CNC(Cc1cc(F)cc(F)c1)c1nc(C#CC(C)(C)O)ccc1-c1ccc(F)c2c(NS(C)=O)nn(C)c12. The Morgan fingerprint density at radius 3 is 2.38 bits per heavy atom. The van der Waals surface area contributed by atoms with Crippen LogP contribution in [0.5, 0.6) is 0 Å². The molecule has 4 aromatic rings.